The molecule has 0 saturated carbocycles. The van der Waals surface area contributed by atoms with E-state index in [4.69, 9.17) is 39.5 Å². The van der Waals surface area contributed by atoms with Gasteiger partial charge in [-0.3, -0.25) is 14.4 Å². The van der Waals surface area contributed by atoms with Crippen LogP contribution < -0.4 is 9.80 Å². The maximum absolute atomic E-state index is 13.6. The summed E-state index contributed by atoms with van der Waals surface area (Å²) >= 11 is 21.0. The summed E-state index contributed by atoms with van der Waals surface area (Å²) in [5.41, 5.74) is -3.01. The van der Waals surface area contributed by atoms with Crippen LogP contribution in [0.3, 0.4) is 0 Å². The summed E-state index contributed by atoms with van der Waals surface area (Å²) < 4.78 is 44.7. The topological polar surface area (TPSA) is 111 Å². The molecule has 2 heterocycles. The maximum atomic E-state index is 13.6. The number of anilines is 2. The highest BCUT2D eigenvalue weighted by atomic mass is 127. The van der Waals surface area contributed by atoms with Gasteiger partial charge < -0.3 is 29.4 Å². The van der Waals surface area contributed by atoms with Gasteiger partial charge >= 0.3 is 12.1 Å². The Morgan fingerprint density at radius 3 is 1.87 bits per heavy atom. The predicted molar refractivity (Wildman–Crippen MR) is 211 cm³/mol. The van der Waals surface area contributed by atoms with Crippen LogP contribution in [0.4, 0.5) is 24.5 Å². The third kappa shape index (κ3) is 8.54. The van der Waals surface area contributed by atoms with Crippen molar-refractivity contribution in [3.05, 3.63) is 88.9 Å². The number of rotatable bonds is 12. The number of alkyl halides is 3. The largest absolute Gasteiger partial charge is 0.465 e. The lowest BCUT2D eigenvalue weighted by atomic mass is 9.87. The quantitative estimate of drug-likeness (QED) is 0.113. The van der Waals surface area contributed by atoms with Gasteiger partial charge in [0.1, 0.15) is 0 Å². The molecule has 3 aromatic carbocycles. The zero-order chi connectivity index (χ0) is 40.3. The molecule has 0 saturated heterocycles. The molecule has 1 atom stereocenters. The lowest BCUT2D eigenvalue weighted by Gasteiger charge is -2.27. The van der Waals surface area contributed by atoms with Crippen LogP contribution >= 0.6 is 57.4 Å². The van der Waals surface area contributed by atoms with Crippen LogP contribution in [0.5, 0.6) is 0 Å². The Hall–Kier alpha value is -2.99. The van der Waals surface area contributed by atoms with Crippen molar-refractivity contribution < 1.29 is 42.2 Å². The van der Waals surface area contributed by atoms with Gasteiger partial charge in [-0.1, -0.05) is 68.6 Å². The molecule has 0 aromatic heterocycles. The van der Waals surface area contributed by atoms with Gasteiger partial charge in [0.2, 0.25) is 5.60 Å². The lowest BCUT2D eigenvalue weighted by molar-refractivity contribution is -0.137. The molecule has 54 heavy (non-hydrogen) atoms. The smallest absolute Gasteiger partial charge is 0.417 e. The Bertz CT molecular complexity index is 1920. The van der Waals surface area contributed by atoms with Crippen LogP contribution in [0.1, 0.15) is 65.1 Å². The molecule has 0 aliphatic carbocycles. The average Bonchev–Trinajstić information content (AvgIpc) is 3.49. The number of methoxy groups -OCH3 is 1. The van der Waals surface area contributed by atoms with Crippen LogP contribution in [-0.2, 0) is 26.1 Å². The van der Waals surface area contributed by atoms with E-state index in [0.29, 0.717) is 22.3 Å². The minimum Gasteiger partial charge on any atom is -0.465 e. The zero-order valence-electron chi connectivity index (χ0n) is 30.1. The fourth-order valence-corrected chi connectivity index (χ4v) is 8.13. The number of halogens is 7. The van der Waals surface area contributed by atoms with Crippen molar-refractivity contribution in [2.75, 3.05) is 69.3 Å². The number of hydrogen-bond acceptors (Lipinski definition) is 8. The molecular weight excluding hydrogens is 887 g/mol. The number of esters is 1. The second kappa shape index (κ2) is 17.9. The van der Waals surface area contributed by atoms with E-state index >= 15 is 0 Å². The Morgan fingerprint density at radius 1 is 0.833 bits per heavy atom. The number of hydrogen-bond donors (Lipinski definition) is 1. The summed E-state index contributed by atoms with van der Waals surface area (Å²) in [6.07, 6.45) is -4.67. The molecule has 1 unspecified atom stereocenters. The van der Waals surface area contributed by atoms with Crippen LogP contribution in [0.15, 0.2) is 42.5 Å². The first-order chi connectivity index (χ1) is 25.4. The fourth-order valence-electron chi connectivity index (χ4n) is 6.50. The number of aliphatic hydroxyl groups is 1. The third-order valence-corrected chi connectivity index (χ3v) is 11.0. The second-order valence-electron chi connectivity index (χ2n) is 12.3. The normalized spacial score (nSPS) is 16.6. The molecule has 5 rings (SSSR count). The van der Waals surface area contributed by atoms with Gasteiger partial charge in [-0.25, -0.2) is 4.79 Å². The Morgan fingerprint density at radius 2 is 1.37 bits per heavy atom. The van der Waals surface area contributed by atoms with Crippen molar-refractivity contribution in [1.82, 2.24) is 9.80 Å². The van der Waals surface area contributed by atoms with Crippen LogP contribution in [0.2, 0.25) is 15.1 Å². The average molecular weight is 926 g/mol. The maximum Gasteiger partial charge on any atom is 0.417 e. The lowest BCUT2D eigenvalue weighted by Crippen LogP contribution is -2.44. The van der Waals surface area contributed by atoms with Crippen LogP contribution in [0, 0.1) is 3.57 Å². The number of benzene rings is 3. The SMILES string of the molecule is CCN(CC)CCN1C(=O)C(=O)c2c1cc(I)cc2C(F)(F)F.CCN(CC)CCN1C(=O)C(O)(c2c(Cl)cccc2Cl)c2c(Cl)cc(C(=O)OC)cc21. The Labute approximate surface area is 340 Å². The van der Waals surface area contributed by atoms with Crippen molar-refractivity contribution in [3.8, 4) is 0 Å². The van der Waals surface area contributed by atoms with Crippen LogP contribution in [-0.4, -0.2) is 97.9 Å². The molecule has 0 radical (unpaired) electrons. The molecular formula is C37H39Cl3F3IN4O6. The summed E-state index contributed by atoms with van der Waals surface area (Å²) in [6.45, 7) is 12.6. The first kappa shape index (κ1) is 43.7. The molecule has 17 heteroatoms. The van der Waals surface area contributed by atoms with Crippen molar-refractivity contribution in [2.45, 2.75) is 39.5 Å². The number of carbonyl (C=O) groups excluding carboxylic acids is 4. The number of ketones is 1. The molecule has 2 aliphatic heterocycles. The highest BCUT2D eigenvalue weighted by Crippen LogP contribution is 2.51. The molecule has 0 spiro atoms. The number of ether oxygens (including phenoxy) is 1. The number of Topliss-reactive ketones (excluding diaryl/α,β-unsaturated/α-hetero) is 1. The minimum absolute atomic E-state index is 0.0371. The summed E-state index contributed by atoms with van der Waals surface area (Å²) in [4.78, 5) is 56.7. The van der Waals surface area contributed by atoms with Gasteiger partial charge in [0.15, 0.2) is 0 Å². The van der Waals surface area contributed by atoms with Crippen LogP contribution in [0.25, 0.3) is 0 Å². The van der Waals surface area contributed by atoms with E-state index < -0.39 is 46.5 Å². The van der Waals surface area contributed by atoms with Crippen molar-refractivity contribution in [1.29, 1.82) is 0 Å². The van der Waals surface area contributed by atoms with Gasteiger partial charge in [0.05, 0.1) is 40.2 Å². The van der Waals surface area contributed by atoms with Crippen molar-refractivity contribution in [3.63, 3.8) is 0 Å². The van der Waals surface area contributed by atoms with E-state index in [-0.39, 0.29) is 50.5 Å². The molecule has 0 fully saturated rings. The van der Waals surface area contributed by atoms with E-state index in [1.165, 1.54) is 30.2 Å². The second-order valence-corrected chi connectivity index (χ2v) is 14.8. The first-order valence-electron chi connectivity index (χ1n) is 17.0. The van der Waals surface area contributed by atoms with Gasteiger partial charge in [0.25, 0.3) is 17.6 Å². The monoisotopic (exact) mass is 924 g/mol. The van der Waals surface area contributed by atoms with Gasteiger partial charge in [-0.2, -0.15) is 13.2 Å². The summed E-state index contributed by atoms with van der Waals surface area (Å²) in [6, 6.07) is 9.93. The number of likely N-dealkylation sites (N-methyl/N-ethyl adjacent to an activating group) is 2. The van der Waals surface area contributed by atoms with E-state index in [1.807, 2.05) is 32.6 Å². The van der Waals surface area contributed by atoms with E-state index in [9.17, 15) is 37.5 Å². The van der Waals surface area contributed by atoms with E-state index in [1.54, 1.807) is 40.8 Å². The standard InChI is InChI=1S/C22H23Cl3N2O4.C15H16F3IN2O2/c1-4-26(5-2)9-10-27-17-12-13(20(28)31-3)11-16(25)19(17)22(30,21(27)29)18-14(23)7-6-8-15(18)24;1-3-20(4-2)5-6-21-11-8-9(19)7-10(15(16,17)18)12(11)13(22)14(21)23/h6-8,11-12,30H,4-5,9-10H2,1-3H3;7-8H,3-6H2,1-2H3. The first-order valence-corrected chi connectivity index (χ1v) is 19.2. The van der Waals surface area contributed by atoms with Gasteiger partial charge in [0, 0.05) is 50.9 Å². The highest BCUT2D eigenvalue weighted by Gasteiger charge is 2.54. The van der Waals surface area contributed by atoms with E-state index in [0.717, 1.165) is 37.1 Å². The molecule has 3 aromatic rings. The number of amides is 2. The highest BCUT2D eigenvalue weighted by molar-refractivity contribution is 14.1. The third-order valence-electron chi connectivity index (χ3n) is 9.44. The van der Waals surface area contributed by atoms with E-state index in [2.05, 4.69) is 4.90 Å². The van der Waals surface area contributed by atoms with Gasteiger partial charge in [-0.05, 0) is 85.2 Å². The minimum atomic E-state index is -4.67. The van der Waals surface area contributed by atoms with Crippen molar-refractivity contribution in [2.24, 2.45) is 0 Å². The Kier molecular flexibility index (Phi) is 14.5. The molecule has 292 valence electrons. The predicted octanol–water partition coefficient (Wildman–Crippen LogP) is 7.54. The zero-order valence-corrected chi connectivity index (χ0v) is 34.5. The summed E-state index contributed by atoms with van der Waals surface area (Å²) in [5.74, 6) is -3.21. The summed E-state index contributed by atoms with van der Waals surface area (Å²) in [7, 11) is 1.26. The molecule has 2 aliphatic rings. The Balaban J connectivity index is 0.000000252. The summed E-state index contributed by atoms with van der Waals surface area (Å²) in [5, 5.41) is 12.1. The molecule has 2 amide bonds. The molecule has 10 nitrogen and oxygen atoms in total. The number of carbonyl (C=O) groups is 4. The number of nitrogens with zero attached hydrogens (tertiary/aromatic N) is 4. The van der Waals surface area contributed by atoms with Crippen molar-refractivity contribution >= 4 is 92.3 Å². The molecule has 1 N–H and O–H groups in total. The fraction of sp³-hybridized carbons (Fsp3) is 0.405. The number of fused-ring (bicyclic) bond motifs is 2. The van der Waals surface area contributed by atoms with Gasteiger partial charge in [-0.15, -0.1) is 0 Å². The molecule has 0 bridgehead atoms.